The molecule has 0 saturated heterocycles. The summed E-state index contributed by atoms with van der Waals surface area (Å²) in [5, 5.41) is 6.86. The van der Waals surface area contributed by atoms with Crippen LogP contribution in [0.4, 0.5) is 4.39 Å². The van der Waals surface area contributed by atoms with Crippen molar-refractivity contribution in [3.8, 4) is 0 Å². The minimum Gasteiger partial charge on any atom is -0.292 e. The van der Waals surface area contributed by atoms with E-state index < -0.39 is 0 Å². The fourth-order valence-electron chi connectivity index (χ4n) is 2.66. The average Bonchev–Trinajstić information content (AvgIpc) is 2.55. The zero-order chi connectivity index (χ0) is 15.4. The third kappa shape index (κ3) is 3.30. The lowest BCUT2D eigenvalue weighted by molar-refractivity contribution is 0.271. The summed E-state index contributed by atoms with van der Waals surface area (Å²) in [6.45, 7) is 1.69. The van der Waals surface area contributed by atoms with Crippen LogP contribution >= 0.6 is 11.6 Å². The van der Waals surface area contributed by atoms with Gasteiger partial charge >= 0.3 is 0 Å². The first-order valence-electron chi connectivity index (χ1n) is 7.51. The molecule has 3 rings (SSSR count). The fraction of sp³-hybridized carbons (Fsp3) is 0.278. The van der Waals surface area contributed by atoms with Crippen LogP contribution < -0.4 is 0 Å². The topological polar surface area (TPSA) is 15.6 Å². The number of rotatable bonds is 5. The Labute approximate surface area is 135 Å². The quantitative estimate of drug-likeness (QED) is 0.589. The van der Waals surface area contributed by atoms with Gasteiger partial charge in [-0.15, -0.1) is 11.6 Å². The molecule has 22 heavy (non-hydrogen) atoms. The minimum absolute atomic E-state index is 0.229. The van der Waals surface area contributed by atoms with Crippen molar-refractivity contribution in [1.82, 2.24) is 5.01 Å². The van der Waals surface area contributed by atoms with E-state index in [1.165, 1.54) is 17.7 Å². The molecule has 114 valence electrons. The first kappa shape index (κ1) is 15.0. The van der Waals surface area contributed by atoms with Crippen LogP contribution in [0.1, 0.15) is 29.5 Å². The summed E-state index contributed by atoms with van der Waals surface area (Å²) in [5.74, 6) is 0.450. The summed E-state index contributed by atoms with van der Waals surface area (Å²) >= 11 is 5.75. The molecule has 0 saturated carbocycles. The second kappa shape index (κ2) is 6.93. The van der Waals surface area contributed by atoms with E-state index in [4.69, 9.17) is 16.7 Å². The molecule has 0 radical (unpaired) electrons. The number of hydrogen-bond donors (Lipinski definition) is 0. The molecule has 0 atom stereocenters. The summed E-state index contributed by atoms with van der Waals surface area (Å²) in [6.07, 6.45) is 2.01. The Morgan fingerprint density at radius 2 is 1.82 bits per heavy atom. The van der Waals surface area contributed by atoms with Crippen LogP contribution in [0.5, 0.6) is 0 Å². The van der Waals surface area contributed by atoms with Gasteiger partial charge in [0.1, 0.15) is 5.82 Å². The lowest BCUT2D eigenvalue weighted by Crippen LogP contribution is -2.27. The zero-order valence-electron chi connectivity index (χ0n) is 12.3. The Kier molecular flexibility index (Phi) is 4.74. The predicted octanol–water partition coefficient (Wildman–Crippen LogP) is 4.41. The van der Waals surface area contributed by atoms with Gasteiger partial charge in [-0.05, 0) is 42.7 Å². The molecule has 0 fully saturated rings. The van der Waals surface area contributed by atoms with Crippen molar-refractivity contribution in [3.05, 3.63) is 71.0 Å². The first-order valence-corrected chi connectivity index (χ1v) is 8.05. The molecule has 1 aliphatic rings. The van der Waals surface area contributed by atoms with E-state index in [9.17, 15) is 4.39 Å². The lowest BCUT2D eigenvalue weighted by Gasteiger charge is -2.27. The number of halogens is 2. The van der Waals surface area contributed by atoms with E-state index in [-0.39, 0.29) is 5.82 Å². The number of benzene rings is 2. The smallest absolute Gasteiger partial charge is 0.123 e. The molecular formula is C18H18ClFN2. The van der Waals surface area contributed by atoms with Gasteiger partial charge in [0.2, 0.25) is 0 Å². The Balaban J connectivity index is 1.93. The molecule has 2 aromatic carbocycles. The number of nitrogens with zero attached hydrogens (tertiary/aromatic N) is 2. The maximum absolute atomic E-state index is 13.2. The molecule has 0 unspecified atom stereocenters. The molecule has 2 aromatic rings. The molecule has 0 N–H and O–H groups in total. The third-order valence-electron chi connectivity index (χ3n) is 3.78. The Bertz CT molecular complexity index is 667. The molecule has 0 aromatic heterocycles. The minimum atomic E-state index is -0.229. The molecule has 1 aliphatic heterocycles. The van der Waals surface area contributed by atoms with E-state index in [0.29, 0.717) is 5.88 Å². The van der Waals surface area contributed by atoms with Crippen molar-refractivity contribution in [2.75, 3.05) is 12.4 Å². The van der Waals surface area contributed by atoms with Crippen LogP contribution in [0.2, 0.25) is 0 Å². The van der Waals surface area contributed by atoms with Gasteiger partial charge in [-0.25, -0.2) is 4.39 Å². The van der Waals surface area contributed by atoms with Gasteiger partial charge < -0.3 is 0 Å². The van der Waals surface area contributed by atoms with E-state index in [0.717, 1.165) is 42.8 Å². The second-order valence-electron chi connectivity index (χ2n) is 5.40. The van der Waals surface area contributed by atoms with Crippen LogP contribution in [0.25, 0.3) is 0 Å². The van der Waals surface area contributed by atoms with Crippen LogP contribution in [-0.2, 0) is 6.54 Å². The number of hydrogen-bond acceptors (Lipinski definition) is 2. The van der Waals surface area contributed by atoms with E-state index >= 15 is 0 Å². The van der Waals surface area contributed by atoms with Crippen LogP contribution in [0.3, 0.4) is 0 Å². The normalized spacial score (nSPS) is 13.7. The third-order valence-corrected chi connectivity index (χ3v) is 4.05. The fourth-order valence-corrected chi connectivity index (χ4v) is 2.84. The Morgan fingerprint density at radius 1 is 1.05 bits per heavy atom. The van der Waals surface area contributed by atoms with Crippen molar-refractivity contribution in [2.45, 2.75) is 19.4 Å². The predicted molar refractivity (Wildman–Crippen MR) is 88.8 cm³/mol. The highest BCUT2D eigenvalue weighted by atomic mass is 35.5. The summed E-state index contributed by atoms with van der Waals surface area (Å²) in [7, 11) is 0. The lowest BCUT2D eigenvalue weighted by atomic mass is 9.96. The maximum atomic E-state index is 13.2. The SMILES string of the molecule is Fc1ccc(C2=NN(CCCCCl)Cc3ccccc32)cc1. The van der Waals surface area contributed by atoms with Crippen molar-refractivity contribution < 1.29 is 4.39 Å². The van der Waals surface area contributed by atoms with Crippen LogP contribution in [0, 0.1) is 5.82 Å². The molecular weight excluding hydrogens is 299 g/mol. The van der Waals surface area contributed by atoms with Gasteiger partial charge in [-0.2, -0.15) is 5.10 Å². The molecule has 0 aliphatic carbocycles. The van der Waals surface area contributed by atoms with E-state index in [1.54, 1.807) is 12.1 Å². The highest BCUT2D eigenvalue weighted by Crippen LogP contribution is 2.23. The molecule has 1 heterocycles. The number of unbranched alkanes of at least 4 members (excludes halogenated alkanes) is 1. The van der Waals surface area contributed by atoms with Crippen LogP contribution in [0.15, 0.2) is 53.6 Å². The monoisotopic (exact) mass is 316 g/mol. The molecule has 0 amide bonds. The van der Waals surface area contributed by atoms with E-state index in [1.807, 2.05) is 12.1 Å². The van der Waals surface area contributed by atoms with Crippen molar-refractivity contribution in [1.29, 1.82) is 0 Å². The first-order chi connectivity index (χ1) is 10.8. The summed E-state index contributed by atoms with van der Waals surface area (Å²) in [6, 6.07) is 14.8. The van der Waals surface area contributed by atoms with Gasteiger partial charge in [0, 0.05) is 23.6 Å². The molecule has 0 bridgehead atoms. The van der Waals surface area contributed by atoms with Gasteiger partial charge in [0.25, 0.3) is 0 Å². The number of fused-ring (bicyclic) bond motifs is 1. The number of alkyl halides is 1. The second-order valence-corrected chi connectivity index (χ2v) is 5.77. The van der Waals surface area contributed by atoms with Gasteiger partial charge in [-0.3, -0.25) is 5.01 Å². The van der Waals surface area contributed by atoms with Gasteiger partial charge in [-0.1, -0.05) is 24.3 Å². The van der Waals surface area contributed by atoms with Gasteiger partial charge in [0.15, 0.2) is 0 Å². The average molecular weight is 317 g/mol. The summed E-state index contributed by atoms with van der Waals surface area (Å²) in [4.78, 5) is 0. The standard InChI is InChI=1S/C18H18ClFN2/c19-11-3-4-12-22-13-15-5-1-2-6-17(15)18(21-22)14-7-9-16(20)10-8-14/h1-2,5-10H,3-4,11-13H2. The maximum Gasteiger partial charge on any atom is 0.123 e. The highest BCUT2D eigenvalue weighted by Gasteiger charge is 2.19. The molecule has 2 nitrogen and oxygen atoms in total. The Morgan fingerprint density at radius 3 is 2.59 bits per heavy atom. The van der Waals surface area contributed by atoms with Crippen molar-refractivity contribution >= 4 is 17.3 Å². The highest BCUT2D eigenvalue weighted by molar-refractivity contribution is 6.17. The Hall–Kier alpha value is -1.87. The zero-order valence-corrected chi connectivity index (χ0v) is 13.1. The largest absolute Gasteiger partial charge is 0.292 e. The van der Waals surface area contributed by atoms with Crippen molar-refractivity contribution in [3.63, 3.8) is 0 Å². The van der Waals surface area contributed by atoms with Crippen molar-refractivity contribution in [2.24, 2.45) is 5.10 Å². The van der Waals surface area contributed by atoms with E-state index in [2.05, 4.69) is 17.1 Å². The van der Waals surface area contributed by atoms with Gasteiger partial charge in [0.05, 0.1) is 12.3 Å². The molecule has 0 spiro atoms. The number of hydrazone groups is 1. The molecule has 4 heteroatoms. The summed E-state index contributed by atoms with van der Waals surface area (Å²) < 4.78 is 13.2. The van der Waals surface area contributed by atoms with Crippen LogP contribution in [-0.4, -0.2) is 23.1 Å². The summed E-state index contributed by atoms with van der Waals surface area (Å²) in [5.41, 5.74) is 4.23.